The summed E-state index contributed by atoms with van der Waals surface area (Å²) in [7, 11) is -4.21. The lowest BCUT2D eigenvalue weighted by Crippen LogP contribution is -2.04. The molecular weight excluding hydrogens is 271 g/mol. The van der Waals surface area contributed by atoms with Gasteiger partial charge in [-0.15, -0.1) is 0 Å². The summed E-state index contributed by atoms with van der Waals surface area (Å²) in [5.41, 5.74) is 1.67. The monoisotopic (exact) mass is 288 g/mol. The predicted molar refractivity (Wildman–Crippen MR) is 81.5 cm³/mol. The molecule has 0 aliphatic rings. The molecule has 2 rings (SSSR count). The number of rotatable bonds is 5. The molecule has 0 spiro atoms. The van der Waals surface area contributed by atoms with E-state index in [1.54, 1.807) is 18.2 Å². The maximum atomic E-state index is 11.8. The van der Waals surface area contributed by atoms with Crippen molar-refractivity contribution in [2.75, 3.05) is 0 Å². The molecule has 0 aliphatic carbocycles. The fourth-order valence-electron chi connectivity index (χ4n) is 2.12. The highest BCUT2D eigenvalue weighted by molar-refractivity contribution is 7.52. The van der Waals surface area contributed by atoms with Crippen LogP contribution in [0.4, 0.5) is 0 Å². The van der Waals surface area contributed by atoms with Gasteiger partial charge in [0.05, 0.1) is 5.66 Å². The molecular formula is C16H17O3P. The highest BCUT2D eigenvalue weighted by Crippen LogP contribution is 2.53. The Labute approximate surface area is 118 Å². The first-order valence-electron chi connectivity index (χ1n) is 6.32. The fourth-order valence-corrected chi connectivity index (χ4v) is 3.13. The summed E-state index contributed by atoms with van der Waals surface area (Å²) in [6.07, 6.45) is 2.02. The van der Waals surface area contributed by atoms with Crippen molar-refractivity contribution in [2.24, 2.45) is 0 Å². The van der Waals surface area contributed by atoms with Crippen molar-refractivity contribution in [1.29, 1.82) is 0 Å². The van der Waals surface area contributed by atoms with Gasteiger partial charge in [-0.25, -0.2) is 0 Å². The van der Waals surface area contributed by atoms with Crippen molar-refractivity contribution < 1.29 is 14.4 Å². The Bertz CT molecular complexity index is 614. The number of hydrogen-bond acceptors (Lipinski definition) is 1. The second-order valence-electron chi connectivity index (χ2n) is 4.67. The molecule has 1 atom stereocenters. The van der Waals surface area contributed by atoms with Gasteiger partial charge in [0.15, 0.2) is 0 Å². The normalized spacial score (nSPS) is 12.9. The second-order valence-corrected chi connectivity index (χ2v) is 6.47. The van der Waals surface area contributed by atoms with Gasteiger partial charge in [0.2, 0.25) is 0 Å². The summed E-state index contributed by atoms with van der Waals surface area (Å²) in [5.74, 6) is 0. The minimum atomic E-state index is -4.21. The van der Waals surface area contributed by atoms with Crippen LogP contribution in [0.1, 0.15) is 22.3 Å². The number of benzene rings is 2. The van der Waals surface area contributed by atoms with Crippen LogP contribution in [0.5, 0.6) is 0 Å². The van der Waals surface area contributed by atoms with E-state index in [4.69, 9.17) is 0 Å². The first-order valence-corrected chi connectivity index (χ1v) is 8.00. The highest BCUT2D eigenvalue weighted by Gasteiger charge is 2.30. The van der Waals surface area contributed by atoms with E-state index < -0.39 is 13.3 Å². The lowest BCUT2D eigenvalue weighted by Gasteiger charge is -2.19. The van der Waals surface area contributed by atoms with Crippen molar-refractivity contribution in [3.63, 3.8) is 0 Å². The molecule has 1 unspecified atom stereocenters. The zero-order chi connectivity index (χ0) is 14.6. The largest absolute Gasteiger partial charge is 0.333 e. The minimum absolute atomic E-state index is 0.318. The molecule has 0 saturated heterocycles. The van der Waals surface area contributed by atoms with Gasteiger partial charge < -0.3 is 9.79 Å². The first-order chi connectivity index (χ1) is 9.50. The molecule has 0 bridgehead atoms. The van der Waals surface area contributed by atoms with Gasteiger partial charge in [0.25, 0.3) is 0 Å². The van der Waals surface area contributed by atoms with Gasteiger partial charge in [-0.1, -0.05) is 67.3 Å². The molecule has 0 saturated carbocycles. The van der Waals surface area contributed by atoms with Crippen LogP contribution in [0.2, 0.25) is 0 Å². The average molecular weight is 288 g/mol. The van der Waals surface area contributed by atoms with Crippen LogP contribution in [0, 0.1) is 0 Å². The summed E-state index contributed by atoms with van der Waals surface area (Å²) in [6.45, 7) is 3.67. The molecule has 4 heteroatoms. The van der Waals surface area contributed by atoms with E-state index in [0.717, 1.165) is 11.1 Å². The molecule has 2 N–H and O–H groups in total. The van der Waals surface area contributed by atoms with Crippen LogP contribution >= 0.6 is 7.60 Å². The van der Waals surface area contributed by atoms with Crippen molar-refractivity contribution in [3.05, 3.63) is 77.9 Å². The SMILES string of the molecule is C=Cc1ccc(C(Cc2ccccc2)P(=O)(O)O)cc1. The van der Waals surface area contributed by atoms with Crippen molar-refractivity contribution in [1.82, 2.24) is 0 Å². The molecule has 2 aromatic carbocycles. The molecule has 20 heavy (non-hydrogen) atoms. The highest BCUT2D eigenvalue weighted by atomic mass is 31.2. The van der Waals surface area contributed by atoms with Crippen molar-refractivity contribution in [2.45, 2.75) is 12.1 Å². The third-order valence-electron chi connectivity index (χ3n) is 3.23. The van der Waals surface area contributed by atoms with Crippen molar-refractivity contribution in [3.8, 4) is 0 Å². The first kappa shape index (κ1) is 14.7. The van der Waals surface area contributed by atoms with Gasteiger partial charge in [-0.05, 0) is 23.1 Å². The molecule has 0 radical (unpaired) electrons. The lowest BCUT2D eigenvalue weighted by atomic mass is 10.0. The summed E-state index contributed by atoms with van der Waals surface area (Å²) in [4.78, 5) is 19.2. The lowest BCUT2D eigenvalue weighted by molar-refractivity contribution is 0.358. The quantitative estimate of drug-likeness (QED) is 0.823. The molecule has 0 aliphatic heterocycles. The van der Waals surface area contributed by atoms with Crippen LogP contribution in [0.15, 0.2) is 61.2 Å². The minimum Gasteiger partial charge on any atom is -0.324 e. The molecule has 0 amide bonds. The predicted octanol–water partition coefficient (Wildman–Crippen LogP) is 3.79. The zero-order valence-electron chi connectivity index (χ0n) is 11.0. The Hall–Kier alpha value is -1.67. The van der Waals surface area contributed by atoms with E-state index in [-0.39, 0.29) is 0 Å². The summed E-state index contributed by atoms with van der Waals surface area (Å²) >= 11 is 0. The van der Waals surface area contributed by atoms with Gasteiger partial charge in [0.1, 0.15) is 0 Å². The summed E-state index contributed by atoms with van der Waals surface area (Å²) < 4.78 is 11.8. The topological polar surface area (TPSA) is 57.5 Å². The second kappa shape index (κ2) is 6.19. The van der Waals surface area contributed by atoms with Crippen LogP contribution in [0.25, 0.3) is 6.08 Å². The number of hydrogen-bond donors (Lipinski definition) is 2. The molecule has 0 heterocycles. The maximum absolute atomic E-state index is 11.8. The molecule has 3 nitrogen and oxygen atoms in total. The van der Waals surface area contributed by atoms with E-state index in [9.17, 15) is 14.4 Å². The van der Waals surface area contributed by atoms with E-state index >= 15 is 0 Å². The Morgan fingerprint density at radius 2 is 1.65 bits per heavy atom. The Morgan fingerprint density at radius 3 is 2.15 bits per heavy atom. The standard InChI is InChI=1S/C16H17O3P/c1-2-13-8-10-15(11-9-13)16(20(17,18)19)12-14-6-4-3-5-7-14/h2-11,16H,1,12H2,(H2,17,18,19). The molecule has 0 fully saturated rings. The third kappa shape index (κ3) is 3.67. The fraction of sp³-hybridized carbons (Fsp3) is 0.125. The van der Waals surface area contributed by atoms with Gasteiger partial charge in [-0.2, -0.15) is 0 Å². The molecule has 2 aromatic rings. The summed E-state index contributed by atoms with van der Waals surface area (Å²) in [6, 6.07) is 16.5. The Morgan fingerprint density at radius 1 is 1.05 bits per heavy atom. The van der Waals surface area contributed by atoms with Gasteiger partial charge in [0, 0.05) is 0 Å². The Kier molecular flexibility index (Phi) is 4.56. The van der Waals surface area contributed by atoms with E-state index in [2.05, 4.69) is 6.58 Å². The zero-order valence-corrected chi connectivity index (χ0v) is 11.9. The molecule has 0 aromatic heterocycles. The Balaban J connectivity index is 2.32. The summed E-state index contributed by atoms with van der Waals surface area (Å²) in [5, 5.41) is 0. The van der Waals surface area contributed by atoms with Gasteiger partial charge in [-0.3, -0.25) is 4.57 Å². The molecule has 104 valence electrons. The van der Waals surface area contributed by atoms with Crippen molar-refractivity contribution >= 4 is 13.7 Å². The third-order valence-corrected chi connectivity index (χ3v) is 4.53. The average Bonchev–Trinajstić information content (AvgIpc) is 2.45. The van der Waals surface area contributed by atoms with E-state index in [1.807, 2.05) is 42.5 Å². The smallest absolute Gasteiger partial charge is 0.324 e. The van der Waals surface area contributed by atoms with Crippen LogP contribution in [0.3, 0.4) is 0 Å². The van der Waals surface area contributed by atoms with Crippen LogP contribution < -0.4 is 0 Å². The van der Waals surface area contributed by atoms with E-state index in [0.29, 0.717) is 12.0 Å². The van der Waals surface area contributed by atoms with Gasteiger partial charge >= 0.3 is 7.60 Å². The van der Waals surface area contributed by atoms with Crippen LogP contribution in [-0.4, -0.2) is 9.79 Å². The maximum Gasteiger partial charge on any atom is 0.333 e. The van der Waals surface area contributed by atoms with E-state index in [1.165, 1.54) is 0 Å². The van der Waals surface area contributed by atoms with Crippen LogP contribution in [-0.2, 0) is 11.0 Å².